The van der Waals surface area contributed by atoms with Crippen LogP contribution in [0.5, 0.6) is 5.75 Å². The number of benzene rings is 2. The molecule has 0 bridgehead atoms. The highest BCUT2D eigenvalue weighted by Gasteiger charge is 2.34. The van der Waals surface area contributed by atoms with Crippen molar-refractivity contribution in [2.24, 2.45) is 0 Å². The number of para-hydroxylation sites is 1. The average Bonchev–Trinajstić information content (AvgIpc) is 3.39. The van der Waals surface area contributed by atoms with Gasteiger partial charge in [0.1, 0.15) is 17.6 Å². The zero-order valence-corrected chi connectivity index (χ0v) is 15.3. The van der Waals surface area contributed by atoms with E-state index < -0.39 is 11.8 Å². The van der Waals surface area contributed by atoms with Crippen LogP contribution in [0, 0.1) is 5.82 Å². The molecule has 2 heterocycles. The molecule has 1 aromatic heterocycles. The van der Waals surface area contributed by atoms with Gasteiger partial charge in [0.2, 0.25) is 11.7 Å². The molecule has 1 fully saturated rings. The zero-order chi connectivity index (χ0) is 19.5. The Morgan fingerprint density at radius 1 is 1.29 bits per heavy atom. The first-order chi connectivity index (χ1) is 13.7. The third kappa shape index (κ3) is 3.53. The number of hydrogen-bond acceptors (Lipinski definition) is 5. The summed E-state index contributed by atoms with van der Waals surface area (Å²) in [5.41, 5.74) is 0.899. The standard InChI is InChI=1S/C20H19FN4O3/c1-27-14-7-4-6-13(12-14)18-23-19(28-24-18)17-10-5-11-25(17)20(26)22-16-9-3-2-8-15(16)21/h2-4,6-9,12,17H,5,10-11H2,1H3,(H,22,26)/t17-/m1/s1. The molecule has 144 valence electrons. The molecule has 3 aromatic rings. The third-order valence-electron chi connectivity index (χ3n) is 4.68. The number of hydrogen-bond donors (Lipinski definition) is 1. The normalized spacial score (nSPS) is 16.2. The number of carbonyl (C=O) groups excluding carboxylic acids is 1. The van der Waals surface area contributed by atoms with Gasteiger partial charge in [0, 0.05) is 12.1 Å². The van der Waals surface area contributed by atoms with Gasteiger partial charge in [0.05, 0.1) is 12.8 Å². The van der Waals surface area contributed by atoms with E-state index in [1.807, 2.05) is 24.3 Å². The molecule has 2 amide bonds. The Bertz CT molecular complexity index is 991. The molecule has 1 saturated heterocycles. The van der Waals surface area contributed by atoms with E-state index in [9.17, 15) is 9.18 Å². The summed E-state index contributed by atoms with van der Waals surface area (Å²) in [5, 5.41) is 6.65. The van der Waals surface area contributed by atoms with Crippen LogP contribution in [0.15, 0.2) is 53.1 Å². The minimum Gasteiger partial charge on any atom is -0.497 e. The Kier molecular flexibility index (Phi) is 4.92. The van der Waals surface area contributed by atoms with E-state index >= 15 is 0 Å². The average molecular weight is 382 g/mol. The minimum atomic E-state index is -0.482. The number of ether oxygens (including phenoxy) is 1. The molecule has 2 aromatic carbocycles. The van der Waals surface area contributed by atoms with Gasteiger partial charge in [0.15, 0.2) is 0 Å². The van der Waals surface area contributed by atoms with Crippen molar-refractivity contribution in [3.05, 3.63) is 60.2 Å². The summed E-state index contributed by atoms with van der Waals surface area (Å²) >= 11 is 0. The van der Waals surface area contributed by atoms with Gasteiger partial charge >= 0.3 is 6.03 Å². The Labute approximate surface area is 161 Å². The number of aromatic nitrogens is 2. The van der Waals surface area contributed by atoms with E-state index in [2.05, 4.69) is 15.5 Å². The van der Waals surface area contributed by atoms with Crippen molar-refractivity contribution in [3.63, 3.8) is 0 Å². The lowest BCUT2D eigenvalue weighted by Gasteiger charge is -2.22. The van der Waals surface area contributed by atoms with Gasteiger partial charge in [-0.15, -0.1) is 0 Å². The van der Waals surface area contributed by atoms with Crippen molar-refractivity contribution in [1.82, 2.24) is 15.0 Å². The van der Waals surface area contributed by atoms with Gasteiger partial charge < -0.3 is 19.5 Å². The van der Waals surface area contributed by atoms with Crippen molar-refractivity contribution in [2.45, 2.75) is 18.9 Å². The summed E-state index contributed by atoms with van der Waals surface area (Å²) in [4.78, 5) is 18.7. The topological polar surface area (TPSA) is 80.5 Å². The first kappa shape index (κ1) is 18.0. The van der Waals surface area contributed by atoms with Gasteiger partial charge in [-0.25, -0.2) is 9.18 Å². The number of halogens is 1. The third-order valence-corrected chi connectivity index (χ3v) is 4.68. The maximum atomic E-state index is 13.8. The number of nitrogens with one attached hydrogen (secondary N) is 1. The van der Waals surface area contributed by atoms with Crippen LogP contribution in [0.3, 0.4) is 0 Å². The van der Waals surface area contributed by atoms with Crippen LogP contribution in [-0.2, 0) is 0 Å². The lowest BCUT2D eigenvalue weighted by Crippen LogP contribution is -2.34. The van der Waals surface area contributed by atoms with Crippen molar-refractivity contribution < 1.29 is 18.4 Å². The summed E-state index contributed by atoms with van der Waals surface area (Å²) < 4.78 is 24.5. The molecule has 0 aliphatic carbocycles. The summed E-state index contributed by atoms with van der Waals surface area (Å²) in [6, 6.07) is 12.7. The Morgan fingerprint density at radius 3 is 2.96 bits per heavy atom. The number of urea groups is 1. The van der Waals surface area contributed by atoms with Gasteiger partial charge in [0.25, 0.3) is 0 Å². The Balaban J connectivity index is 1.53. The number of amides is 2. The van der Waals surface area contributed by atoms with Gasteiger partial charge in [-0.1, -0.05) is 29.4 Å². The lowest BCUT2D eigenvalue weighted by molar-refractivity contribution is 0.193. The molecule has 1 N–H and O–H groups in total. The number of carbonyl (C=O) groups is 1. The Morgan fingerprint density at radius 2 is 2.14 bits per heavy atom. The van der Waals surface area contributed by atoms with E-state index in [0.717, 1.165) is 12.0 Å². The fraction of sp³-hybridized carbons (Fsp3) is 0.250. The molecule has 0 spiro atoms. The van der Waals surface area contributed by atoms with Crippen LogP contribution in [0.1, 0.15) is 24.8 Å². The highest BCUT2D eigenvalue weighted by Crippen LogP contribution is 2.33. The minimum absolute atomic E-state index is 0.140. The van der Waals surface area contributed by atoms with E-state index in [0.29, 0.717) is 30.4 Å². The van der Waals surface area contributed by atoms with Gasteiger partial charge in [-0.05, 0) is 37.1 Å². The van der Waals surface area contributed by atoms with Gasteiger partial charge in [-0.2, -0.15) is 4.98 Å². The molecule has 0 unspecified atom stereocenters. The molecule has 4 rings (SSSR count). The van der Waals surface area contributed by atoms with E-state index in [1.54, 1.807) is 24.1 Å². The van der Waals surface area contributed by atoms with E-state index in [-0.39, 0.29) is 11.7 Å². The number of methoxy groups -OCH3 is 1. The molecule has 0 radical (unpaired) electrons. The second-order valence-electron chi connectivity index (χ2n) is 6.45. The smallest absolute Gasteiger partial charge is 0.322 e. The molecule has 1 aliphatic rings. The van der Waals surface area contributed by atoms with Crippen molar-refractivity contribution >= 4 is 11.7 Å². The van der Waals surface area contributed by atoms with Gasteiger partial charge in [-0.3, -0.25) is 0 Å². The fourth-order valence-corrected chi connectivity index (χ4v) is 3.27. The molecule has 28 heavy (non-hydrogen) atoms. The zero-order valence-electron chi connectivity index (χ0n) is 15.3. The lowest BCUT2D eigenvalue weighted by atomic mass is 10.2. The number of likely N-dealkylation sites (tertiary alicyclic amines) is 1. The van der Waals surface area contributed by atoms with Crippen LogP contribution >= 0.6 is 0 Å². The van der Waals surface area contributed by atoms with Crippen molar-refractivity contribution in [2.75, 3.05) is 19.0 Å². The molecule has 7 nitrogen and oxygen atoms in total. The number of rotatable bonds is 4. The van der Waals surface area contributed by atoms with E-state index in [4.69, 9.17) is 9.26 Å². The second-order valence-corrected chi connectivity index (χ2v) is 6.45. The summed E-state index contributed by atoms with van der Waals surface area (Å²) in [5.74, 6) is 0.995. The van der Waals surface area contributed by atoms with Crippen LogP contribution in [0.4, 0.5) is 14.9 Å². The van der Waals surface area contributed by atoms with E-state index in [1.165, 1.54) is 12.1 Å². The molecule has 0 saturated carbocycles. The molecular formula is C20H19FN4O3. The molecular weight excluding hydrogens is 363 g/mol. The maximum Gasteiger partial charge on any atom is 0.322 e. The summed E-state index contributed by atoms with van der Waals surface area (Å²) in [6.45, 7) is 0.530. The van der Waals surface area contributed by atoms with Crippen LogP contribution in [0.25, 0.3) is 11.4 Å². The molecule has 1 aliphatic heterocycles. The number of nitrogens with zero attached hydrogens (tertiary/aromatic N) is 3. The number of anilines is 1. The molecule has 1 atom stereocenters. The largest absolute Gasteiger partial charge is 0.497 e. The first-order valence-electron chi connectivity index (χ1n) is 8.96. The summed E-state index contributed by atoms with van der Waals surface area (Å²) in [6.07, 6.45) is 1.50. The quantitative estimate of drug-likeness (QED) is 0.729. The maximum absolute atomic E-state index is 13.8. The predicted octanol–water partition coefficient (Wildman–Crippen LogP) is 4.25. The SMILES string of the molecule is COc1cccc(-c2noc([C@H]3CCCN3C(=O)Nc3ccccc3F)n2)c1. The predicted molar refractivity (Wildman–Crippen MR) is 100 cm³/mol. The first-order valence-corrected chi connectivity index (χ1v) is 8.96. The van der Waals surface area contributed by atoms with Crippen molar-refractivity contribution in [1.29, 1.82) is 0 Å². The highest BCUT2D eigenvalue weighted by molar-refractivity contribution is 5.89. The van der Waals surface area contributed by atoms with Crippen LogP contribution in [0.2, 0.25) is 0 Å². The van der Waals surface area contributed by atoms with Crippen LogP contribution < -0.4 is 10.1 Å². The molecule has 8 heteroatoms. The highest BCUT2D eigenvalue weighted by atomic mass is 19.1. The second kappa shape index (κ2) is 7.67. The summed E-state index contributed by atoms with van der Waals surface area (Å²) in [7, 11) is 1.59. The van der Waals surface area contributed by atoms with Crippen molar-refractivity contribution in [3.8, 4) is 17.1 Å². The Hall–Kier alpha value is -3.42. The fourth-order valence-electron chi connectivity index (χ4n) is 3.27. The van der Waals surface area contributed by atoms with Crippen LogP contribution in [-0.4, -0.2) is 34.7 Å². The monoisotopic (exact) mass is 382 g/mol.